The van der Waals surface area contributed by atoms with Crippen LogP contribution in [0.25, 0.3) is 5.65 Å². The first kappa shape index (κ1) is 17.9. The van der Waals surface area contributed by atoms with Crippen molar-refractivity contribution in [1.82, 2.24) is 19.2 Å². The van der Waals surface area contributed by atoms with Crippen LogP contribution in [0.2, 0.25) is 0 Å². The van der Waals surface area contributed by atoms with Crippen molar-refractivity contribution in [2.75, 3.05) is 4.72 Å². The molecule has 0 aromatic carbocycles. The Kier molecular flexibility index (Phi) is 4.23. The zero-order chi connectivity index (χ0) is 19.1. The van der Waals surface area contributed by atoms with Gasteiger partial charge in [0.2, 0.25) is 0 Å². The average molecular weight is 377 g/mol. The standard InChI is InChI=1S/C16H19N5O4S/c1-16(2,3)25-15(22)13-14(17-11-7-5-6-9-21(11)13)19-26(23,24)12-8-10-20(4)18-12/h5-10,19H,1-4H3. The number of aromatic nitrogens is 4. The number of carbonyl (C=O) groups excluding carboxylic acids is 1. The molecule has 9 nitrogen and oxygen atoms in total. The number of aryl methyl sites for hydroxylation is 1. The van der Waals surface area contributed by atoms with Crippen LogP contribution in [0, 0.1) is 0 Å². The molecule has 0 atom stereocenters. The van der Waals surface area contributed by atoms with Crippen molar-refractivity contribution in [2.24, 2.45) is 7.05 Å². The summed E-state index contributed by atoms with van der Waals surface area (Å²) >= 11 is 0. The highest BCUT2D eigenvalue weighted by molar-refractivity contribution is 7.92. The number of carbonyl (C=O) groups is 1. The molecule has 0 radical (unpaired) electrons. The van der Waals surface area contributed by atoms with Gasteiger partial charge in [0.15, 0.2) is 16.5 Å². The first-order chi connectivity index (χ1) is 12.1. The molecule has 26 heavy (non-hydrogen) atoms. The fraction of sp³-hybridized carbons (Fsp3) is 0.312. The summed E-state index contributed by atoms with van der Waals surface area (Å²) in [6.45, 7) is 5.18. The van der Waals surface area contributed by atoms with E-state index in [1.807, 2.05) is 0 Å². The van der Waals surface area contributed by atoms with E-state index in [4.69, 9.17) is 4.74 Å². The second-order valence-corrected chi connectivity index (χ2v) is 8.30. The minimum atomic E-state index is -4.01. The molecule has 1 N–H and O–H groups in total. The quantitative estimate of drug-likeness (QED) is 0.695. The minimum absolute atomic E-state index is 0.00460. The van der Waals surface area contributed by atoms with Crippen molar-refractivity contribution in [2.45, 2.75) is 31.4 Å². The van der Waals surface area contributed by atoms with Crippen LogP contribution in [0.15, 0.2) is 41.7 Å². The third-order valence-corrected chi connectivity index (χ3v) is 4.55. The van der Waals surface area contributed by atoms with Crippen LogP contribution in [0.3, 0.4) is 0 Å². The first-order valence-corrected chi connectivity index (χ1v) is 9.28. The van der Waals surface area contributed by atoms with Gasteiger partial charge in [-0.15, -0.1) is 0 Å². The maximum absolute atomic E-state index is 12.6. The molecule has 0 fully saturated rings. The number of pyridine rings is 1. The van der Waals surface area contributed by atoms with Crippen molar-refractivity contribution < 1.29 is 17.9 Å². The van der Waals surface area contributed by atoms with Gasteiger partial charge in [-0.05, 0) is 39.0 Å². The number of anilines is 1. The Balaban J connectivity index is 2.08. The average Bonchev–Trinajstić information content (AvgIpc) is 3.08. The van der Waals surface area contributed by atoms with Crippen LogP contribution in [0.1, 0.15) is 31.3 Å². The van der Waals surface area contributed by atoms with Gasteiger partial charge in [0.05, 0.1) is 0 Å². The molecule has 0 aliphatic heterocycles. The summed E-state index contributed by atoms with van der Waals surface area (Å²) in [6.07, 6.45) is 3.12. The number of hydrogen-bond donors (Lipinski definition) is 1. The first-order valence-electron chi connectivity index (χ1n) is 7.80. The number of nitrogens with zero attached hydrogens (tertiary/aromatic N) is 4. The van der Waals surface area contributed by atoms with E-state index in [-0.39, 0.29) is 16.5 Å². The lowest BCUT2D eigenvalue weighted by Gasteiger charge is -2.19. The van der Waals surface area contributed by atoms with Crippen LogP contribution in [0.5, 0.6) is 0 Å². The summed E-state index contributed by atoms with van der Waals surface area (Å²) in [4.78, 5) is 16.9. The van der Waals surface area contributed by atoms with E-state index in [0.29, 0.717) is 5.65 Å². The van der Waals surface area contributed by atoms with E-state index in [2.05, 4.69) is 14.8 Å². The molecular formula is C16H19N5O4S. The van der Waals surface area contributed by atoms with Gasteiger partial charge in [0.25, 0.3) is 10.0 Å². The van der Waals surface area contributed by atoms with Crippen LogP contribution < -0.4 is 4.72 Å². The summed E-state index contributed by atoms with van der Waals surface area (Å²) in [5.74, 6) is -0.800. The summed E-state index contributed by atoms with van der Waals surface area (Å²) in [5.41, 5.74) is -0.338. The van der Waals surface area contributed by atoms with Crippen molar-refractivity contribution in [3.05, 3.63) is 42.4 Å². The Morgan fingerprint density at radius 2 is 1.92 bits per heavy atom. The van der Waals surface area contributed by atoms with Crippen molar-refractivity contribution in [3.63, 3.8) is 0 Å². The van der Waals surface area contributed by atoms with Gasteiger partial charge in [-0.3, -0.25) is 13.8 Å². The Labute approximate surface area is 150 Å². The molecule has 0 saturated heterocycles. The monoisotopic (exact) mass is 377 g/mol. The maximum Gasteiger partial charge on any atom is 0.359 e. The molecule has 0 aliphatic rings. The predicted molar refractivity (Wildman–Crippen MR) is 94.4 cm³/mol. The normalized spacial score (nSPS) is 12.3. The number of hydrogen-bond acceptors (Lipinski definition) is 6. The van der Waals surface area contributed by atoms with Crippen molar-refractivity contribution in [1.29, 1.82) is 0 Å². The van der Waals surface area contributed by atoms with E-state index < -0.39 is 21.6 Å². The zero-order valence-electron chi connectivity index (χ0n) is 14.8. The lowest BCUT2D eigenvalue weighted by Crippen LogP contribution is -2.26. The molecule has 3 aromatic heterocycles. The fourth-order valence-electron chi connectivity index (χ4n) is 2.31. The Morgan fingerprint density at radius 1 is 1.19 bits per heavy atom. The summed E-state index contributed by atoms with van der Waals surface area (Å²) < 4.78 is 35.7. The fourth-order valence-corrected chi connectivity index (χ4v) is 3.28. The van der Waals surface area contributed by atoms with Gasteiger partial charge >= 0.3 is 5.97 Å². The number of ether oxygens (including phenoxy) is 1. The van der Waals surface area contributed by atoms with E-state index >= 15 is 0 Å². The van der Waals surface area contributed by atoms with Crippen LogP contribution in [-0.4, -0.2) is 39.2 Å². The molecule has 0 spiro atoms. The summed E-state index contributed by atoms with van der Waals surface area (Å²) in [7, 11) is -2.40. The molecule has 0 aliphatic carbocycles. The van der Waals surface area contributed by atoms with E-state index in [1.165, 1.54) is 21.3 Å². The molecule has 10 heteroatoms. The van der Waals surface area contributed by atoms with Gasteiger partial charge in [0.1, 0.15) is 11.2 Å². The third kappa shape index (κ3) is 3.54. The minimum Gasteiger partial charge on any atom is -0.455 e. The highest BCUT2D eigenvalue weighted by Crippen LogP contribution is 2.23. The number of nitrogens with one attached hydrogen (secondary N) is 1. The topological polar surface area (TPSA) is 108 Å². The molecule has 0 bridgehead atoms. The largest absolute Gasteiger partial charge is 0.455 e. The molecule has 3 rings (SSSR count). The zero-order valence-corrected chi connectivity index (χ0v) is 15.6. The molecular weight excluding hydrogens is 358 g/mol. The summed E-state index contributed by atoms with van der Waals surface area (Å²) in [6, 6.07) is 6.45. The number of sulfonamides is 1. The second kappa shape index (κ2) is 6.13. The Morgan fingerprint density at radius 3 is 2.54 bits per heavy atom. The molecule has 0 saturated carbocycles. The summed E-state index contributed by atoms with van der Waals surface area (Å²) in [5, 5.41) is 3.71. The lowest BCUT2D eigenvalue weighted by atomic mass is 10.2. The Hall–Kier alpha value is -2.88. The molecule has 3 aromatic rings. The van der Waals surface area contributed by atoms with Crippen molar-refractivity contribution >= 4 is 27.5 Å². The number of rotatable bonds is 4. The van der Waals surface area contributed by atoms with Gasteiger partial charge in [0, 0.05) is 19.4 Å². The van der Waals surface area contributed by atoms with E-state index in [0.717, 1.165) is 0 Å². The highest BCUT2D eigenvalue weighted by Gasteiger charge is 2.28. The second-order valence-electron chi connectivity index (χ2n) is 6.67. The smallest absolute Gasteiger partial charge is 0.359 e. The van der Waals surface area contributed by atoms with Gasteiger partial charge < -0.3 is 4.74 Å². The van der Waals surface area contributed by atoms with Crippen LogP contribution >= 0.6 is 0 Å². The molecule has 0 unspecified atom stereocenters. The maximum atomic E-state index is 12.6. The van der Waals surface area contributed by atoms with Crippen LogP contribution in [0.4, 0.5) is 5.82 Å². The van der Waals surface area contributed by atoms with Gasteiger partial charge in [-0.1, -0.05) is 6.07 Å². The SMILES string of the molecule is Cn1ccc(S(=O)(=O)Nc2nc3ccccn3c2C(=O)OC(C)(C)C)n1. The lowest BCUT2D eigenvalue weighted by molar-refractivity contribution is 0.00631. The predicted octanol–water partition coefficient (Wildman–Crippen LogP) is 1.82. The number of imidazole rings is 1. The van der Waals surface area contributed by atoms with Crippen LogP contribution in [-0.2, 0) is 21.8 Å². The number of esters is 1. The third-order valence-electron chi connectivity index (χ3n) is 3.32. The van der Waals surface area contributed by atoms with Gasteiger partial charge in [-0.2, -0.15) is 13.5 Å². The Bertz CT molecular complexity index is 1080. The van der Waals surface area contributed by atoms with E-state index in [9.17, 15) is 13.2 Å². The van der Waals surface area contributed by atoms with Crippen molar-refractivity contribution in [3.8, 4) is 0 Å². The molecule has 3 heterocycles. The van der Waals surface area contributed by atoms with Gasteiger partial charge in [-0.25, -0.2) is 9.78 Å². The van der Waals surface area contributed by atoms with E-state index in [1.54, 1.807) is 52.2 Å². The number of fused-ring (bicyclic) bond motifs is 1. The highest BCUT2D eigenvalue weighted by atomic mass is 32.2. The molecule has 0 amide bonds. The molecule has 138 valence electrons.